The van der Waals surface area contributed by atoms with Crippen LogP contribution in [0.2, 0.25) is 10.0 Å². The molecule has 2 rings (SSSR count). The zero-order chi connectivity index (χ0) is 9.26. The van der Waals surface area contributed by atoms with Gasteiger partial charge in [0.05, 0.1) is 0 Å². The van der Waals surface area contributed by atoms with Gasteiger partial charge in [-0.1, -0.05) is 29.3 Å². The minimum absolute atomic E-state index is 0.193. The Labute approximate surface area is 86.1 Å². The maximum absolute atomic E-state index is 5.98. The molecule has 1 N–H and O–H groups in total. The van der Waals surface area contributed by atoms with Crippen LogP contribution in [-0.4, -0.2) is 0 Å². The molecular weight excluding hydrogens is 209 g/mol. The van der Waals surface area contributed by atoms with E-state index in [2.05, 4.69) is 5.48 Å². The zero-order valence-corrected chi connectivity index (χ0v) is 8.14. The Morgan fingerprint density at radius 1 is 1.23 bits per heavy atom. The number of rotatable bonds is 1. The molecule has 0 saturated carbocycles. The summed E-state index contributed by atoms with van der Waals surface area (Å²) in [4.78, 5) is 5.17. The molecule has 1 aliphatic heterocycles. The van der Waals surface area contributed by atoms with Crippen molar-refractivity contribution in [3.8, 4) is 0 Å². The van der Waals surface area contributed by atoms with Crippen molar-refractivity contribution in [2.75, 3.05) is 0 Å². The van der Waals surface area contributed by atoms with Gasteiger partial charge in [-0.15, -0.1) is 0 Å². The van der Waals surface area contributed by atoms with Crippen molar-refractivity contribution in [2.45, 2.75) is 6.10 Å². The second-order valence-electron chi connectivity index (χ2n) is 2.65. The van der Waals surface area contributed by atoms with Gasteiger partial charge in [0, 0.05) is 21.8 Å². The van der Waals surface area contributed by atoms with Crippen molar-refractivity contribution in [3.05, 3.63) is 46.1 Å². The summed E-state index contributed by atoms with van der Waals surface area (Å²) in [7, 11) is 0. The Balaban J connectivity index is 2.43. The molecule has 2 nitrogen and oxygen atoms in total. The SMILES string of the molecule is Clc1cccc(Cl)c1C1C=CNO1. The summed E-state index contributed by atoms with van der Waals surface area (Å²) in [6.45, 7) is 0. The van der Waals surface area contributed by atoms with Crippen LogP contribution in [0.4, 0.5) is 0 Å². The van der Waals surface area contributed by atoms with Gasteiger partial charge < -0.3 is 0 Å². The van der Waals surface area contributed by atoms with E-state index in [-0.39, 0.29) is 6.10 Å². The van der Waals surface area contributed by atoms with Gasteiger partial charge in [0.2, 0.25) is 0 Å². The van der Waals surface area contributed by atoms with Crippen LogP contribution in [0.3, 0.4) is 0 Å². The molecule has 0 saturated heterocycles. The number of benzene rings is 1. The van der Waals surface area contributed by atoms with E-state index < -0.39 is 0 Å². The smallest absolute Gasteiger partial charge is 0.133 e. The third kappa shape index (κ3) is 1.66. The quantitative estimate of drug-likeness (QED) is 0.778. The molecule has 1 unspecified atom stereocenters. The van der Waals surface area contributed by atoms with Crippen LogP contribution < -0.4 is 5.48 Å². The maximum Gasteiger partial charge on any atom is 0.133 e. The van der Waals surface area contributed by atoms with Crippen LogP contribution in [0.25, 0.3) is 0 Å². The molecule has 0 fully saturated rings. The third-order valence-electron chi connectivity index (χ3n) is 1.82. The highest BCUT2D eigenvalue weighted by Gasteiger charge is 2.18. The lowest BCUT2D eigenvalue weighted by atomic mass is 10.1. The number of hydroxylamine groups is 1. The Hall–Kier alpha value is -0.700. The topological polar surface area (TPSA) is 21.3 Å². The van der Waals surface area contributed by atoms with E-state index >= 15 is 0 Å². The van der Waals surface area contributed by atoms with Crippen LogP contribution in [0.15, 0.2) is 30.5 Å². The lowest BCUT2D eigenvalue weighted by Crippen LogP contribution is -2.04. The van der Waals surface area contributed by atoms with Gasteiger partial charge in [0.15, 0.2) is 0 Å². The normalized spacial score (nSPS) is 20.3. The molecule has 1 aromatic carbocycles. The lowest BCUT2D eigenvalue weighted by molar-refractivity contribution is 0.0471. The standard InChI is InChI=1S/C9H7Cl2NO/c10-6-2-1-3-7(11)9(6)8-4-5-12-13-8/h1-5,8,12H. The molecule has 1 atom stereocenters. The van der Waals surface area contributed by atoms with Crippen molar-refractivity contribution in [1.29, 1.82) is 0 Å². The van der Waals surface area contributed by atoms with Gasteiger partial charge in [-0.3, -0.25) is 10.3 Å². The summed E-state index contributed by atoms with van der Waals surface area (Å²) < 4.78 is 0. The monoisotopic (exact) mass is 215 g/mol. The van der Waals surface area contributed by atoms with Gasteiger partial charge in [-0.05, 0) is 18.2 Å². The Morgan fingerprint density at radius 3 is 2.46 bits per heavy atom. The molecular formula is C9H7Cl2NO. The Morgan fingerprint density at radius 2 is 1.92 bits per heavy atom. The molecule has 1 aromatic rings. The summed E-state index contributed by atoms with van der Waals surface area (Å²) in [6, 6.07) is 5.39. The minimum Gasteiger partial charge on any atom is -0.274 e. The first-order chi connectivity index (χ1) is 6.29. The van der Waals surface area contributed by atoms with Crippen LogP contribution in [-0.2, 0) is 4.84 Å². The number of nitrogens with one attached hydrogen (secondary N) is 1. The number of hydrogen-bond acceptors (Lipinski definition) is 2. The van der Waals surface area contributed by atoms with E-state index in [1.807, 2.05) is 6.08 Å². The highest BCUT2D eigenvalue weighted by atomic mass is 35.5. The Kier molecular flexibility index (Phi) is 2.44. The minimum atomic E-state index is -0.193. The number of hydrogen-bond donors (Lipinski definition) is 1. The van der Waals surface area contributed by atoms with E-state index in [1.54, 1.807) is 24.4 Å². The molecule has 13 heavy (non-hydrogen) atoms. The first kappa shape index (κ1) is 8.88. The lowest BCUT2D eigenvalue weighted by Gasteiger charge is -2.11. The van der Waals surface area contributed by atoms with Crippen LogP contribution in [0.5, 0.6) is 0 Å². The fourth-order valence-corrected chi connectivity index (χ4v) is 1.83. The predicted octanol–water partition coefficient (Wildman–Crippen LogP) is 3.08. The van der Waals surface area contributed by atoms with E-state index in [9.17, 15) is 0 Å². The second-order valence-corrected chi connectivity index (χ2v) is 3.47. The summed E-state index contributed by atoms with van der Waals surface area (Å²) in [6.07, 6.45) is 3.37. The van der Waals surface area contributed by atoms with E-state index in [1.165, 1.54) is 0 Å². The molecule has 0 amide bonds. The van der Waals surface area contributed by atoms with Gasteiger partial charge >= 0.3 is 0 Å². The van der Waals surface area contributed by atoms with Gasteiger partial charge in [0.25, 0.3) is 0 Å². The summed E-state index contributed by atoms with van der Waals surface area (Å²) in [5.41, 5.74) is 3.43. The fourth-order valence-electron chi connectivity index (χ4n) is 1.22. The molecule has 0 bridgehead atoms. The average Bonchev–Trinajstić information content (AvgIpc) is 2.57. The highest BCUT2D eigenvalue weighted by molar-refractivity contribution is 6.36. The number of halogens is 2. The van der Waals surface area contributed by atoms with Gasteiger partial charge in [0.1, 0.15) is 6.10 Å². The molecule has 4 heteroatoms. The molecule has 0 spiro atoms. The molecule has 1 aliphatic rings. The summed E-state index contributed by atoms with van der Waals surface area (Å²) in [5.74, 6) is 0. The van der Waals surface area contributed by atoms with E-state index in [0.717, 1.165) is 5.56 Å². The van der Waals surface area contributed by atoms with Crippen LogP contribution in [0.1, 0.15) is 11.7 Å². The van der Waals surface area contributed by atoms with Crippen molar-refractivity contribution in [2.24, 2.45) is 0 Å². The largest absolute Gasteiger partial charge is 0.274 e. The molecule has 68 valence electrons. The third-order valence-corrected chi connectivity index (χ3v) is 2.48. The molecule has 1 heterocycles. The second kappa shape index (κ2) is 3.58. The van der Waals surface area contributed by atoms with Gasteiger partial charge in [-0.25, -0.2) is 0 Å². The molecule has 0 aromatic heterocycles. The maximum atomic E-state index is 5.98. The van der Waals surface area contributed by atoms with Crippen molar-refractivity contribution >= 4 is 23.2 Å². The van der Waals surface area contributed by atoms with E-state index in [4.69, 9.17) is 28.0 Å². The van der Waals surface area contributed by atoms with Crippen LogP contribution >= 0.6 is 23.2 Å². The summed E-state index contributed by atoms with van der Waals surface area (Å²) in [5, 5.41) is 1.23. The highest BCUT2D eigenvalue weighted by Crippen LogP contribution is 2.33. The van der Waals surface area contributed by atoms with Crippen molar-refractivity contribution in [3.63, 3.8) is 0 Å². The fraction of sp³-hybridized carbons (Fsp3) is 0.111. The first-order valence-corrected chi connectivity index (χ1v) is 4.56. The Bertz CT molecular complexity index is 331. The van der Waals surface area contributed by atoms with Crippen LogP contribution in [0, 0.1) is 0 Å². The first-order valence-electron chi connectivity index (χ1n) is 3.81. The zero-order valence-electron chi connectivity index (χ0n) is 6.63. The molecule has 0 radical (unpaired) electrons. The average molecular weight is 216 g/mol. The summed E-state index contributed by atoms with van der Waals surface area (Å²) >= 11 is 12.0. The van der Waals surface area contributed by atoms with Gasteiger partial charge in [-0.2, -0.15) is 0 Å². The van der Waals surface area contributed by atoms with E-state index in [0.29, 0.717) is 10.0 Å². The van der Waals surface area contributed by atoms with Crippen molar-refractivity contribution < 1.29 is 4.84 Å². The van der Waals surface area contributed by atoms with Crippen molar-refractivity contribution in [1.82, 2.24) is 5.48 Å². The predicted molar refractivity (Wildman–Crippen MR) is 52.6 cm³/mol. The molecule has 0 aliphatic carbocycles.